The van der Waals surface area contributed by atoms with Gasteiger partial charge in [-0.05, 0) is 25.2 Å². The minimum atomic E-state index is -0.412. The number of carbonyl (C=O) groups excluding carboxylic acids is 1. The van der Waals surface area contributed by atoms with Gasteiger partial charge < -0.3 is 15.5 Å². The lowest BCUT2D eigenvalue weighted by Gasteiger charge is -2.32. The van der Waals surface area contributed by atoms with E-state index in [2.05, 4.69) is 15.4 Å². The van der Waals surface area contributed by atoms with Crippen molar-refractivity contribution in [3.8, 4) is 6.07 Å². The molecule has 0 spiro atoms. The standard InChI is InChI=1S/C15H19N7O/c1-21-5-7-22(8-6-21)15(23)11-3-2-4-12(9-11)19-20-13(10-16)14(17)18/h2-4,9,19H,5-8H2,1H3,(H3,17,18)/b20-13+. The summed E-state index contributed by atoms with van der Waals surface area (Å²) in [6, 6.07) is 8.59. The number of hydrogen-bond acceptors (Lipinski definition) is 6. The van der Waals surface area contributed by atoms with Crippen LogP contribution in [0.1, 0.15) is 10.4 Å². The van der Waals surface area contributed by atoms with Crippen molar-refractivity contribution in [1.29, 1.82) is 10.7 Å². The third-order valence-electron chi connectivity index (χ3n) is 3.56. The maximum atomic E-state index is 12.5. The van der Waals surface area contributed by atoms with Gasteiger partial charge in [0, 0.05) is 31.7 Å². The topological polar surface area (TPSA) is 122 Å². The van der Waals surface area contributed by atoms with Crippen LogP contribution in [0, 0.1) is 16.7 Å². The van der Waals surface area contributed by atoms with E-state index in [4.69, 9.17) is 16.4 Å². The summed E-state index contributed by atoms with van der Waals surface area (Å²) < 4.78 is 0. The molecule has 0 bridgehead atoms. The Balaban J connectivity index is 2.09. The summed E-state index contributed by atoms with van der Waals surface area (Å²) in [6.45, 7) is 3.12. The highest BCUT2D eigenvalue weighted by molar-refractivity contribution is 6.45. The highest BCUT2D eigenvalue weighted by Gasteiger charge is 2.20. The van der Waals surface area contributed by atoms with Gasteiger partial charge in [0.05, 0.1) is 5.69 Å². The van der Waals surface area contributed by atoms with E-state index < -0.39 is 5.84 Å². The molecular weight excluding hydrogens is 294 g/mol. The van der Waals surface area contributed by atoms with Crippen LogP contribution in [-0.2, 0) is 0 Å². The molecule has 1 aromatic rings. The molecule has 0 saturated carbocycles. The molecule has 1 amide bonds. The van der Waals surface area contributed by atoms with Crippen molar-refractivity contribution < 1.29 is 4.79 Å². The molecule has 8 heteroatoms. The van der Waals surface area contributed by atoms with E-state index in [0.29, 0.717) is 24.3 Å². The van der Waals surface area contributed by atoms with Crippen molar-refractivity contribution >= 4 is 23.1 Å². The zero-order chi connectivity index (χ0) is 16.8. The monoisotopic (exact) mass is 313 g/mol. The first-order valence-electron chi connectivity index (χ1n) is 7.17. The van der Waals surface area contributed by atoms with Gasteiger partial charge in [-0.25, -0.2) is 0 Å². The number of hydrazone groups is 1. The lowest BCUT2D eigenvalue weighted by atomic mass is 10.1. The number of carbonyl (C=O) groups is 1. The normalized spacial score (nSPS) is 15.8. The number of nitriles is 1. The lowest BCUT2D eigenvalue weighted by molar-refractivity contribution is 0.0664. The number of piperazine rings is 1. The van der Waals surface area contributed by atoms with Crippen LogP contribution in [0.4, 0.5) is 5.69 Å². The molecule has 1 aliphatic rings. The van der Waals surface area contributed by atoms with Crippen molar-refractivity contribution in [1.82, 2.24) is 9.80 Å². The number of nitrogens with one attached hydrogen (secondary N) is 2. The van der Waals surface area contributed by atoms with Crippen molar-refractivity contribution in [3.63, 3.8) is 0 Å². The Morgan fingerprint density at radius 3 is 2.70 bits per heavy atom. The van der Waals surface area contributed by atoms with Gasteiger partial charge in [0.25, 0.3) is 5.91 Å². The van der Waals surface area contributed by atoms with E-state index in [1.54, 1.807) is 30.3 Å². The third kappa shape index (κ3) is 4.28. The number of likely N-dealkylation sites (N-methyl/N-ethyl adjacent to an activating group) is 1. The summed E-state index contributed by atoms with van der Waals surface area (Å²) in [7, 11) is 2.03. The summed E-state index contributed by atoms with van der Waals surface area (Å²) in [5.74, 6) is -0.442. The van der Waals surface area contributed by atoms with E-state index in [9.17, 15) is 4.79 Å². The summed E-state index contributed by atoms with van der Waals surface area (Å²) in [5.41, 5.74) is 8.77. The van der Waals surface area contributed by atoms with Crippen LogP contribution in [-0.4, -0.2) is 60.5 Å². The fourth-order valence-corrected chi connectivity index (χ4v) is 2.18. The molecule has 2 rings (SSSR count). The molecule has 0 atom stereocenters. The maximum absolute atomic E-state index is 12.5. The van der Waals surface area contributed by atoms with Gasteiger partial charge in [0.1, 0.15) is 6.07 Å². The molecule has 120 valence electrons. The Morgan fingerprint density at radius 1 is 1.39 bits per heavy atom. The van der Waals surface area contributed by atoms with Crippen LogP contribution in [0.5, 0.6) is 0 Å². The van der Waals surface area contributed by atoms with Gasteiger partial charge in [-0.1, -0.05) is 6.07 Å². The van der Waals surface area contributed by atoms with Gasteiger partial charge in [0.2, 0.25) is 5.71 Å². The molecule has 0 aliphatic carbocycles. The second kappa shape index (κ2) is 7.38. The Kier molecular flexibility index (Phi) is 5.28. The summed E-state index contributed by atoms with van der Waals surface area (Å²) in [6.07, 6.45) is 0. The molecule has 0 radical (unpaired) electrons. The SMILES string of the molecule is CN1CCN(C(=O)c2cccc(N/N=C(\C#N)C(=N)N)c2)CC1. The number of nitrogens with two attached hydrogens (primary N) is 1. The number of hydrogen-bond donors (Lipinski definition) is 3. The number of anilines is 1. The molecule has 0 unspecified atom stereocenters. The Labute approximate surface area is 134 Å². The predicted octanol–water partition coefficient (Wildman–Crippen LogP) is 0.302. The van der Waals surface area contributed by atoms with Gasteiger partial charge >= 0.3 is 0 Å². The third-order valence-corrected chi connectivity index (χ3v) is 3.56. The first-order valence-corrected chi connectivity index (χ1v) is 7.17. The molecule has 8 nitrogen and oxygen atoms in total. The largest absolute Gasteiger partial charge is 0.382 e. The van der Waals surface area contributed by atoms with Crippen molar-refractivity contribution in [3.05, 3.63) is 29.8 Å². The van der Waals surface area contributed by atoms with E-state index >= 15 is 0 Å². The van der Waals surface area contributed by atoms with Gasteiger partial charge in [-0.15, -0.1) is 0 Å². The highest BCUT2D eigenvalue weighted by Crippen LogP contribution is 2.14. The van der Waals surface area contributed by atoms with Crippen LogP contribution in [0.25, 0.3) is 0 Å². The predicted molar refractivity (Wildman–Crippen MR) is 88.4 cm³/mol. The molecule has 0 aromatic heterocycles. The summed E-state index contributed by atoms with van der Waals surface area (Å²) >= 11 is 0. The minimum absolute atomic E-state index is 0.0298. The summed E-state index contributed by atoms with van der Waals surface area (Å²) in [4.78, 5) is 16.5. The highest BCUT2D eigenvalue weighted by atomic mass is 16.2. The van der Waals surface area contributed by atoms with Gasteiger partial charge in [-0.3, -0.25) is 15.6 Å². The quantitative estimate of drug-likeness (QED) is 0.419. The number of nitrogens with zero attached hydrogens (tertiary/aromatic N) is 4. The zero-order valence-corrected chi connectivity index (χ0v) is 12.9. The van der Waals surface area contributed by atoms with Crippen molar-refractivity contribution in [2.45, 2.75) is 0 Å². The molecule has 1 saturated heterocycles. The Morgan fingerprint density at radius 2 is 2.09 bits per heavy atom. The average Bonchev–Trinajstić information content (AvgIpc) is 2.55. The van der Waals surface area contributed by atoms with Gasteiger partial charge in [-0.2, -0.15) is 10.4 Å². The average molecular weight is 313 g/mol. The first kappa shape index (κ1) is 16.5. The molecule has 1 heterocycles. The van der Waals surface area contributed by atoms with E-state index in [1.807, 2.05) is 11.9 Å². The maximum Gasteiger partial charge on any atom is 0.254 e. The zero-order valence-electron chi connectivity index (χ0n) is 12.9. The Bertz CT molecular complexity index is 669. The van der Waals surface area contributed by atoms with Crippen LogP contribution >= 0.6 is 0 Å². The Hall–Kier alpha value is -2.92. The van der Waals surface area contributed by atoms with E-state index in [1.165, 1.54) is 0 Å². The molecule has 1 fully saturated rings. The fraction of sp³-hybridized carbons (Fsp3) is 0.333. The smallest absolute Gasteiger partial charge is 0.254 e. The van der Waals surface area contributed by atoms with Crippen molar-refractivity contribution in [2.24, 2.45) is 10.8 Å². The molecule has 4 N–H and O–H groups in total. The first-order chi connectivity index (χ1) is 11.0. The second-order valence-corrected chi connectivity index (χ2v) is 5.27. The molecule has 1 aromatic carbocycles. The summed E-state index contributed by atoms with van der Waals surface area (Å²) in [5, 5.41) is 19.8. The van der Waals surface area contributed by atoms with E-state index in [-0.39, 0.29) is 11.6 Å². The second-order valence-electron chi connectivity index (χ2n) is 5.27. The molecular formula is C15H19N7O. The van der Waals surface area contributed by atoms with Crippen LogP contribution < -0.4 is 11.2 Å². The van der Waals surface area contributed by atoms with Crippen LogP contribution in [0.3, 0.4) is 0 Å². The number of rotatable bonds is 4. The van der Waals surface area contributed by atoms with Gasteiger partial charge in [0.15, 0.2) is 5.84 Å². The number of amidine groups is 1. The number of amides is 1. The number of benzene rings is 1. The van der Waals surface area contributed by atoms with Crippen LogP contribution in [0.2, 0.25) is 0 Å². The lowest BCUT2D eigenvalue weighted by Crippen LogP contribution is -2.47. The van der Waals surface area contributed by atoms with Crippen LogP contribution in [0.15, 0.2) is 29.4 Å². The fourth-order valence-electron chi connectivity index (χ4n) is 2.18. The molecule has 23 heavy (non-hydrogen) atoms. The minimum Gasteiger partial charge on any atom is -0.382 e. The molecule has 1 aliphatic heterocycles. The van der Waals surface area contributed by atoms with Crippen molar-refractivity contribution in [2.75, 3.05) is 38.7 Å². The van der Waals surface area contributed by atoms with E-state index in [0.717, 1.165) is 13.1 Å².